The minimum atomic E-state index is -0.299. The van der Waals surface area contributed by atoms with Gasteiger partial charge in [0.25, 0.3) is 0 Å². The average Bonchev–Trinajstić information content (AvgIpc) is 2.28. The molecule has 0 aliphatic carbocycles. The summed E-state index contributed by atoms with van der Waals surface area (Å²) < 4.78 is 4.59. The largest absolute Gasteiger partial charge is 0.469 e. The number of methoxy groups -OCH3 is 1. The van der Waals surface area contributed by atoms with Gasteiger partial charge in [-0.3, -0.25) is 4.79 Å². The van der Waals surface area contributed by atoms with Crippen LogP contribution >= 0.6 is 15.9 Å². The van der Waals surface area contributed by atoms with Gasteiger partial charge in [-0.15, -0.1) is 0 Å². The van der Waals surface area contributed by atoms with Crippen molar-refractivity contribution in [2.24, 2.45) is 0 Å². The zero-order valence-corrected chi connectivity index (χ0v) is 9.87. The quantitative estimate of drug-likeness (QED) is 0.623. The topological polar surface area (TPSA) is 50.1 Å². The second-order valence-electron chi connectivity index (χ2n) is 2.94. The molecule has 0 saturated carbocycles. The number of carbonyl (C=O) groups is 1. The molecule has 0 amide bonds. The van der Waals surface area contributed by atoms with E-state index in [2.05, 4.69) is 26.7 Å². The monoisotopic (exact) mass is 267 g/mol. The molecule has 0 aliphatic heterocycles. The number of esters is 1. The molecule has 0 radical (unpaired) electrons. The maximum absolute atomic E-state index is 11.1. The predicted molar refractivity (Wildman–Crippen MR) is 59.5 cm³/mol. The lowest BCUT2D eigenvalue weighted by molar-refractivity contribution is -0.139. The number of carbonyl (C=O) groups excluding carboxylic acids is 1. The molecule has 78 valence electrons. The Bertz CT molecular complexity index is 410. The number of nitrogens with zero attached hydrogens (tertiary/aromatic N) is 1. The average molecular weight is 268 g/mol. The van der Waals surface area contributed by atoms with Gasteiger partial charge in [0.15, 0.2) is 0 Å². The van der Waals surface area contributed by atoms with Crippen LogP contribution in [0.4, 0.5) is 0 Å². The van der Waals surface area contributed by atoms with Crippen molar-refractivity contribution < 1.29 is 9.53 Å². The van der Waals surface area contributed by atoms with E-state index in [9.17, 15) is 4.79 Å². The molecule has 0 heterocycles. The molecular weight excluding hydrogens is 258 g/mol. The van der Waals surface area contributed by atoms with E-state index >= 15 is 0 Å². The SMILES string of the molecule is COC(=O)Cc1cccc(C#N)c1CBr. The van der Waals surface area contributed by atoms with Crippen LogP contribution in [0.5, 0.6) is 0 Å². The van der Waals surface area contributed by atoms with E-state index < -0.39 is 0 Å². The highest BCUT2D eigenvalue weighted by molar-refractivity contribution is 9.08. The second kappa shape index (κ2) is 5.52. The Labute approximate surface area is 96.8 Å². The van der Waals surface area contributed by atoms with E-state index in [0.29, 0.717) is 10.9 Å². The lowest BCUT2D eigenvalue weighted by atomic mass is 10.0. The first-order valence-corrected chi connectivity index (χ1v) is 5.48. The highest BCUT2D eigenvalue weighted by atomic mass is 79.9. The molecule has 0 spiro atoms. The Morgan fingerprint density at radius 3 is 2.87 bits per heavy atom. The number of rotatable bonds is 3. The van der Waals surface area contributed by atoms with E-state index in [1.54, 1.807) is 12.1 Å². The molecule has 0 atom stereocenters. The smallest absolute Gasteiger partial charge is 0.309 e. The minimum absolute atomic E-state index is 0.201. The molecular formula is C11H10BrNO2. The maximum atomic E-state index is 11.1. The normalized spacial score (nSPS) is 9.40. The molecule has 3 nitrogen and oxygen atoms in total. The summed E-state index contributed by atoms with van der Waals surface area (Å²) in [7, 11) is 1.35. The van der Waals surface area contributed by atoms with Gasteiger partial charge < -0.3 is 4.74 Å². The molecule has 0 bridgehead atoms. The predicted octanol–water partition coefficient (Wildman–Crippen LogP) is 2.17. The molecule has 0 unspecified atom stereocenters. The van der Waals surface area contributed by atoms with Crippen LogP contribution in [0.1, 0.15) is 16.7 Å². The number of hydrogen-bond donors (Lipinski definition) is 0. The first kappa shape index (κ1) is 11.7. The Balaban J connectivity index is 3.07. The number of hydrogen-bond acceptors (Lipinski definition) is 3. The highest BCUT2D eigenvalue weighted by Crippen LogP contribution is 2.18. The van der Waals surface area contributed by atoms with Gasteiger partial charge in [-0.05, 0) is 17.2 Å². The Hall–Kier alpha value is -1.34. The third-order valence-corrected chi connectivity index (χ3v) is 2.65. The minimum Gasteiger partial charge on any atom is -0.469 e. The summed E-state index contributed by atoms with van der Waals surface area (Å²) in [6.07, 6.45) is 0.201. The van der Waals surface area contributed by atoms with Crippen molar-refractivity contribution >= 4 is 21.9 Å². The van der Waals surface area contributed by atoms with Gasteiger partial charge in [0.2, 0.25) is 0 Å². The molecule has 0 saturated heterocycles. The van der Waals surface area contributed by atoms with E-state index in [4.69, 9.17) is 5.26 Å². The Morgan fingerprint density at radius 2 is 2.33 bits per heavy atom. The van der Waals surface area contributed by atoms with Crippen molar-refractivity contribution in [1.29, 1.82) is 5.26 Å². The highest BCUT2D eigenvalue weighted by Gasteiger charge is 2.10. The van der Waals surface area contributed by atoms with Crippen molar-refractivity contribution in [1.82, 2.24) is 0 Å². The molecule has 0 aromatic heterocycles. The van der Waals surface area contributed by atoms with Crippen LogP contribution in [-0.4, -0.2) is 13.1 Å². The van der Waals surface area contributed by atoms with Crippen LogP contribution in [0.3, 0.4) is 0 Å². The summed E-state index contributed by atoms with van der Waals surface area (Å²) in [5.41, 5.74) is 2.27. The molecule has 4 heteroatoms. The van der Waals surface area contributed by atoms with E-state index in [0.717, 1.165) is 11.1 Å². The fraction of sp³-hybridized carbons (Fsp3) is 0.273. The standard InChI is InChI=1S/C11H10BrNO2/c1-15-11(14)5-8-3-2-4-9(7-13)10(8)6-12/h2-4H,5-6H2,1H3. The van der Waals surface area contributed by atoms with Crippen LogP contribution < -0.4 is 0 Å². The summed E-state index contributed by atoms with van der Waals surface area (Å²) in [6.45, 7) is 0. The van der Waals surface area contributed by atoms with Crippen molar-refractivity contribution in [2.75, 3.05) is 7.11 Å². The van der Waals surface area contributed by atoms with Gasteiger partial charge in [0.05, 0.1) is 25.2 Å². The van der Waals surface area contributed by atoms with Crippen molar-refractivity contribution in [3.63, 3.8) is 0 Å². The zero-order valence-electron chi connectivity index (χ0n) is 8.29. The van der Waals surface area contributed by atoms with Crippen LogP contribution in [0.25, 0.3) is 0 Å². The number of halogens is 1. The van der Waals surface area contributed by atoms with Crippen LogP contribution in [0.15, 0.2) is 18.2 Å². The third kappa shape index (κ3) is 2.80. The fourth-order valence-corrected chi connectivity index (χ4v) is 1.95. The van der Waals surface area contributed by atoms with Crippen molar-refractivity contribution in [2.45, 2.75) is 11.8 Å². The van der Waals surface area contributed by atoms with Gasteiger partial charge in [0.1, 0.15) is 0 Å². The molecule has 1 aromatic carbocycles. The van der Waals surface area contributed by atoms with E-state index in [1.165, 1.54) is 7.11 Å². The van der Waals surface area contributed by atoms with Crippen LogP contribution in [0.2, 0.25) is 0 Å². The van der Waals surface area contributed by atoms with Crippen LogP contribution in [0, 0.1) is 11.3 Å². The van der Waals surface area contributed by atoms with E-state index in [1.807, 2.05) is 6.07 Å². The summed E-state index contributed by atoms with van der Waals surface area (Å²) >= 11 is 3.31. The Kier molecular flexibility index (Phi) is 4.32. The second-order valence-corrected chi connectivity index (χ2v) is 3.50. The van der Waals surface area contributed by atoms with Gasteiger partial charge in [-0.25, -0.2) is 0 Å². The third-order valence-electron chi connectivity index (χ3n) is 2.09. The molecule has 1 aromatic rings. The van der Waals surface area contributed by atoms with E-state index in [-0.39, 0.29) is 12.4 Å². The number of benzene rings is 1. The number of ether oxygens (including phenoxy) is 1. The molecule has 0 aliphatic rings. The van der Waals surface area contributed by atoms with Gasteiger partial charge >= 0.3 is 5.97 Å². The summed E-state index contributed by atoms with van der Waals surface area (Å²) in [4.78, 5) is 11.1. The lowest BCUT2D eigenvalue weighted by Crippen LogP contribution is -2.07. The first-order chi connectivity index (χ1) is 7.22. The molecule has 1 rings (SSSR count). The zero-order chi connectivity index (χ0) is 11.3. The van der Waals surface area contributed by atoms with Gasteiger partial charge in [0, 0.05) is 5.33 Å². The number of alkyl halides is 1. The van der Waals surface area contributed by atoms with Crippen LogP contribution in [-0.2, 0) is 21.3 Å². The lowest BCUT2D eigenvalue weighted by Gasteiger charge is -2.07. The van der Waals surface area contributed by atoms with Gasteiger partial charge in [-0.2, -0.15) is 5.26 Å². The summed E-state index contributed by atoms with van der Waals surface area (Å²) in [5, 5.41) is 9.44. The summed E-state index contributed by atoms with van der Waals surface area (Å²) in [5.74, 6) is -0.299. The molecule has 15 heavy (non-hydrogen) atoms. The van der Waals surface area contributed by atoms with Crippen molar-refractivity contribution in [3.8, 4) is 6.07 Å². The first-order valence-electron chi connectivity index (χ1n) is 4.36. The molecule has 0 N–H and O–H groups in total. The van der Waals surface area contributed by atoms with Gasteiger partial charge in [-0.1, -0.05) is 28.1 Å². The Morgan fingerprint density at radius 1 is 1.60 bits per heavy atom. The fourth-order valence-electron chi connectivity index (χ4n) is 1.29. The molecule has 0 fully saturated rings. The maximum Gasteiger partial charge on any atom is 0.309 e. The van der Waals surface area contributed by atoms with Crippen molar-refractivity contribution in [3.05, 3.63) is 34.9 Å². The summed E-state index contributed by atoms with van der Waals surface area (Å²) in [6, 6.07) is 7.42. The number of nitriles is 1.